The Labute approximate surface area is 236 Å². The van der Waals surface area contributed by atoms with Crippen LogP contribution in [0, 0.1) is 0 Å². The molecule has 7 N–H and O–H groups in total. The van der Waals surface area contributed by atoms with Gasteiger partial charge in [-0.2, -0.15) is 0 Å². The molecule has 2 aliphatic carbocycles. The van der Waals surface area contributed by atoms with E-state index in [1.807, 2.05) is 6.07 Å². The number of carbonyl (C=O) groups is 3. The number of pyridine rings is 1. The van der Waals surface area contributed by atoms with Gasteiger partial charge in [0.15, 0.2) is 5.78 Å². The molecule has 1 saturated carbocycles. The zero-order chi connectivity index (χ0) is 28.2. The molecule has 3 atom stereocenters. The maximum atomic E-state index is 14.1. The van der Waals surface area contributed by atoms with Gasteiger partial charge in [0.05, 0.1) is 15.6 Å². The third kappa shape index (κ3) is 4.13. The lowest BCUT2D eigenvalue weighted by Gasteiger charge is -2.37. The average Bonchev–Trinajstić information content (AvgIpc) is 3.65. The van der Waals surface area contributed by atoms with Gasteiger partial charge in [-0.25, -0.2) is 0 Å². The number of ketones is 1. The number of nitrogen functional groups attached to an aromatic ring is 1. The number of benzene rings is 1. The lowest BCUT2D eigenvalue weighted by Crippen LogP contribution is -2.53. The van der Waals surface area contributed by atoms with Crippen molar-refractivity contribution in [1.29, 1.82) is 0 Å². The molecule has 0 bridgehead atoms. The number of piperidine rings is 1. The fourth-order valence-corrected chi connectivity index (χ4v) is 7.86. The van der Waals surface area contributed by atoms with Crippen molar-refractivity contribution >= 4 is 44.7 Å². The number of anilines is 1. The molecule has 40 heavy (non-hydrogen) atoms. The Morgan fingerprint density at radius 3 is 2.70 bits per heavy atom. The topological polar surface area (TPSA) is 157 Å². The number of rotatable bonds is 5. The Kier molecular flexibility index (Phi) is 6.72. The number of nitrogens with two attached hydrogens (primary N) is 3. The minimum atomic E-state index is -1.50. The maximum absolute atomic E-state index is 14.1. The first kappa shape index (κ1) is 26.6. The largest absolute Gasteiger partial charge is 0.398 e. The van der Waals surface area contributed by atoms with Gasteiger partial charge < -0.3 is 27.4 Å². The van der Waals surface area contributed by atoms with Gasteiger partial charge in [-0.3, -0.25) is 19.4 Å². The van der Waals surface area contributed by atoms with Gasteiger partial charge in [-0.15, -0.1) is 11.3 Å². The SMILES string of the molecule is C=CC(=O)N1CCCC(NC(=O)c2sc3c(N)ccc4c3c2C(N)C(=O)C4(N)c2ccnc(C3CCCC3)c2)C1. The number of nitrogens with one attached hydrogen (secondary N) is 1. The molecule has 2 fully saturated rings. The highest BCUT2D eigenvalue weighted by Crippen LogP contribution is 2.49. The number of nitrogens with zero attached hydrogens (tertiary/aromatic N) is 2. The van der Waals surface area contributed by atoms with Crippen molar-refractivity contribution in [3.05, 3.63) is 70.4 Å². The van der Waals surface area contributed by atoms with Crippen molar-refractivity contribution in [1.82, 2.24) is 15.2 Å². The van der Waals surface area contributed by atoms with E-state index < -0.39 is 11.6 Å². The second-order valence-corrected chi connectivity index (χ2v) is 12.2. The van der Waals surface area contributed by atoms with Crippen LogP contribution >= 0.6 is 11.3 Å². The van der Waals surface area contributed by atoms with Gasteiger partial charge in [-0.05, 0) is 61.1 Å². The van der Waals surface area contributed by atoms with Gasteiger partial charge in [-0.1, -0.05) is 25.5 Å². The molecule has 10 heteroatoms. The van der Waals surface area contributed by atoms with E-state index in [-0.39, 0.29) is 23.6 Å². The van der Waals surface area contributed by atoms with Crippen molar-refractivity contribution < 1.29 is 14.4 Å². The van der Waals surface area contributed by atoms with Gasteiger partial charge in [0.25, 0.3) is 5.91 Å². The minimum Gasteiger partial charge on any atom is -0.398 e. The van der Waals surface area contributed by atoms with Crippen molar-refractivity contribution in [3.63, 3.8) is 0 Å². The summed E-state index contributed by atoms with van der Waals surface area (Å²) in [5.74, 6) is -0.513. The molecule has 1 aliphatic heterocycles. The Morgan fingerprint density at radius 1 is 1.18 bits per heavy atom. The summed E-state index contributed by atoms with van der Waals surface area (Å²) in [7, 11) is 0. The van der Waals surface area contributed by atoms with Gasteiger partial charge >= 0.3 is 0 Å². The van der Waals surface area contributed by atoms with Gasteiger partial charge in [0.1, 0.15) is 5.54 Å². The van der Waals surface area contributed by atoms with E-state index in [2.05, 4.69) is 16.9 Å². The van der Waals surface area contributed by atoms with Gasteiger partial charge in [0, 0.05) is 53.6 Å². The minimum absolute atomic E-state index is 0.160. The highest BCUT2D eigenvalue weighted by molar-refractivity contribution is 7.21. The van der Waals surface area contributed by atoms with Gasteiger partial charge in [0.2, 0.25) is 5.91 Å². The monoisotopic (exact) mass is 558 g/mol. The third-order valence-electron chi connectivity index (χ3n) is 8.77. The van der Waals surface area contributed by atoms with Crippen LogP contribution in [-0.2, 0) is 15.1 Å². The fraction of sp³-hybridized carbons (Fsp3) is 0.400. The molecule has 208 valence electrons. The molecule has 2 amide bonds. The number of hydrogen-bond acceptors (Lipinski definition) is 8. The first-order valence-electron chi connectivity index (χ1n) is 13.9. The van der Waals surface area contributed by atoms with E-state index in [4.69, 9.17) is 17.2 Å². The number of Topliss-reactive ketones (excluding diaryl/α,β-unsaturated/α-hetero) is 1. The molecular weight excluding hydrogens is 524 g/mol. The lowest BCUT2D eigenvalue weighted by atomic mass is 9.70. The zero-order valence-electron chi connectivity index (χ0n) is 22.3. The summed E-state index contributed by atoms with van der Waals surface area (Å²) in [6.07, 6.45) is 8.98. The molecule has 1 saturated heterocycles. The highest BCUT2D eigenvalue weighted by atomic mass is 32.1. The summed E-state index contributed by atoms with van der Waals surface area (Å²) in [6, 6.07) is 5.93. The van der Waals surface area contributed by atoms with E-state index >= 15 is 0 Å². The summed E-state index contributed by atoms with van der Waals surface area (Å²) in [6.45, 7) is 4.59. The van der Waals surface area contributed by atoms with Crippen LogP contribution in [0.3, 0.4) is 0 Å². The molecule has 3 aliphatic rings. The van der Waals surface area contributed by atoms with E-state index in [0.717, 1.165) is 31.4 Å². The quantitative estimate of drug-likeness (QED) is 0.276. The molecule has 1 aromatic carbocycles. The Balaban J connectivity index is 1.41. The van der Waals surface area contributed by atoms with Crippen molar-refractivity contribution in [2.45, 2.75) is 62.1 Å². The summed E-state index contributed by atoms with van der Waals surface area (Å²) in [4.78, 5) is 46.5. The Bertz CT molecular complexity index is 1540. The number of carbonyl (C=O) groups excluding carboxylic acids is 3. The van der Waals surface area contributed by atoms with Crippen LogP contribution in [0.15, 0.2) is 43.1 Å². The van der Waals surface area contributed by atoms with E-state index in [9.17, 15) is 14.4 Å². The molecule has 9 nitrogen and oxygen atoms in total. The number of likely N-dealkylation sites (tertiary alicyclic amines) is 1. The van der Waals surface area contributed by atoms with Crippen molar-refractivity contribution in [3.8, 4) is 0 Å². The first-order valence-corrected chi connectivity index (χ1v) is 14.7. The number of amides is 2. The third-order valence-corrected chi connectivity index (χ3v) is 10.0. The smallest absolute Gasteiger partial charge is 0.262 e. The maximum Gasteiger partial charge on any atom is 0.262 e. The Morgan fingerprint density at radius 2 is 1.95 bits per heavy atom. The number of hydrogen-bond donors (Lipinski definition) is 4. The number of thiophene rings is 1. The normalized spacial score (nSPS) is 24.9. The van der Waals surface area contributed by atoms with E-state index in [1.165, 1.54) is 30.3 Å². The van der Waals surface area contributed by atoms with E-state index in [1.54, 1.807) is 29.3 Å². The first-order chi connectivity index (χ1) is 19.2. The predicted octanol–water partition coefficient (Wildman–Crippen LogP) is 3.23. The standard InChI is InChI=1S/C30H34N6O3S/c1-2-22(37)36-13-5-8-18(15-36)35-29(39)27-24-23-19(9-10-20(31)26(23)40-27)30(33,28(38)25(24)32)17-11-12-34-21(14-17)16-6-3-4-7-16/h2,9-12,14,16,18,25H,1,3-8,13,15,31-33H2,(H,35,39). The predicted molar refractivity (Wildman–Crippen MR) is 156 cm³/mol. The molecule has 3 aromatic rings. The molecular formula is C30H34N6O3S. The van der Waals surface area contributed by atoms with Crippen LogP contribution in [-0.4, -0.2) is 46.6 Å². The summed E-state index contributed by atoms with van der Waals surface area (Å²) < 4.78 is 0.688. The Hall–Kier alpha value is -3.60. The molecule has 0 radical (unpaired) electrons. The number of aromatic nitrogens is 1. The second-order valence-electron chi connectivity index (χ2n) is 11.2. The van der Waals surface area contributed by atoms with E-state index in [0.29, 0.717) is 56.3 Å². The lowest BCUT2D eigenvalue weighted by molar-refractivity contribution is -0.127. The second kappa shape index (κ2) is 10.1. The molecule has 3 heterocycles. The van der Waals surface area contributed by atoms with Crippen LogP contribution in [0.4, 0.5) is 5.69 Å². The van der Waals surface area contributed by atoms with Crippen LogP contribution < -0.4 is 22.5 Å². The van der Waals surface area contributed by atoms with Crippen LogP contribution in [0.25, 0.3) is 10.1 Å². The average molecular weight is 559 g/mol. The molecule has 3 unspecified atom stereocenters. The molecule has 6 rings (SSSR count). The molecule has 2 aromatic heterocycles. The van der Waals surface area contributed by atoms with Crippen LogP contribution in [0.5, 0.6) is 0 Å². The molecule has 0 spiro atoms. The fourth-order valence-electron chi connectivity index (χ4n) is 6.66. The summed E-state index contributed by atoms with van der Waals surface area (Å²) in [5.41, 5.74) is 21.7. The van der Waals surface area contributed by atoms with Crippen molar-refractivity contribution in [2.24, 2.45) is 11.5 Å². The summed E-state index contributed by atoms with van der Waals surface area (Å²) >= 11 is 1.23. The zero-order valence-corrected chi connectivity index (χ0v) is 23.1. The summed E-state index contributed by atoms with van der Waals surface area (Å²) in [5, 5.41) is 3.74. The van der Waals surface area contributed by atoms with Crippen molar-refractivity contribution in [2.75, 3.05) is 18.8 Å². The van der Waals surface area contributed by atoms with Crippen LogP contribution in [0.2, 0.25) is 0 Å². The van der Waals surface area contributed by atoms with Crippen LogP contribution in [0.1, 0.15) is 82.5 Å². The highest BCUT2D eigenvalue weighted by Gasteiger charge is 2.49.